The quantitative estimate of drug-likeness (QED) is 0.841. The zero-order valence-electron chi connectivity index (χ0n) is 17.5. The van der Waals surface area contributed by atoms with E-state index in [2.05, 4.69) is 44.1 Å². The molecule has 2 saturated heterocycles. The Morgan fingerprint density at radius 2 is 1.66 bits per heavy atom. The van der Waals surface area contributed by atoms with E-state index in [-0.39, 0.29) is 5.91 Å². The van der Waals surface area contributed by atoms with Crippen LogP contribution in [-0.2, 0) is 0 Å². The van der Waals surface area contributed by atoms with E-state index in [1.165, 1.54) is 24.9 Å². The summed E-state index contributed by atoms with van der Waals surface area (Å²) in [5.74, 6) is 1.22. The minimum Gasteiger partial charge on any atom is -0.372 e. The molecule has 154 valence electrons. The van der Waals surface area contributed by atoms with Crippen LogP contribution in [0.3, 0.4) is 0 Å². The van der Waals surface area contributed by atoms with Crippen LogP contribution < -0.4 is 15.1 Å². The van der Waals surface area contributed by atoms with Crippen LogP contribution in [0.4, 0.5) is 17.3 Å². The molecule has 0 spiro atoms. The van der Waals surface area contributed by atoms with Crippen molar-refractivity contribution in [2.24, 2.45) is 5.92 Å². The minimum atomic E-state index is -0.187. The average Bonchev–Trinajstić information content (AvgIpc) is 2.75. The van der Waals surface area contributed by atoms with Gasteiger partial charge >= 0.3 is 0 Å². The van der Waals surface area contributed by atoms with E-state index in [4.69, 9.17) is 0 Å². The first kappa shape index (κ1) is 19.7. The highest BCUT2D eigenvalue weighted by atomic mass is 16.1. The van der Waals surface area contributed by atoms with Gasteiger partial charge in [-0.2, -0.15) is 0 Å². The Hall–Kier alpha value is -2.63. The smallest absolute Gasteiger partial charge is 0.274 e. The first-order chi connectivity index (χ1) is 14.1. The fourth-order valence-corrected chi connectivity index (χ4v) is 4.12. The Morgan fingerprint density at radius 3 is 2.34 bits per heavy atom. The van der Waals surface area contributed by atoms with Crippen LogP contribution in [-0.4, -0.2) is 42.1 Å². The first-order valence-corrected chi connectivity index (χ1v) is 10.9. The van der Waals surface area contributed by atoms with Crippen molar-refractivity contribution in [2.45, 2.75) is 46.0 Å². The number of nitrogens with zero attached hydrogens (tertiary/aromatic N) is 4. The van der Waals surface area contributed by atoms with Crippen molar-refractivity contribution in [3.05, 3.63) is 41.7 Å². The van der Waals surface area contributed by atoms with E-state index >= 15 is 0 Å². The van der Waals surface area contributed by atoms with E-state index < -0.39 is 0 Å². The standard InChI is InChI=1S/C23H31N5O/c1-17-10-14-28(15-11-17)23-24-18(2)16-21(26-23)22(29)25-19-6-8-20(9-7-19)27-12-4-3-5-13-27/h6-9,16-17H,3-5,10-15H2,1-2H3,(H,25,29). The molecule has 6 nitrogen and oxygen atoms in total. The first-order valence-electron chi connectivity index (χ1n) is 10.9. The number of piperidine rings is 2. The van der Waals surface area contributed by atoms with Crippen molar-refractivity contribution >= 4 is 23.2 Å². The molecule has 1 amide bonds. The molecular formula is C23H31N5O. The molecule has 0 unspecified atom stereocenters. The number of nitrogens with one attached hydrogen (secondary N) is 1. The highest BCUT2D eigenvalue weighted by Gasteiger charge is 2.20. The maximum absolute atomic E-state index is 12.8. The Kier molecular flexibility index (Phi) is 5.97. The lowest BCUT2D eigenvalue weighted by Gasteiger charge is -2.30. The molecule has 2 aromatic rings. The van der Waals surface area contributed by atoms with E-state index in [1.807, 2.05) is 19.1 Å². The Labute approximate surface area is 173 Å². The van der Waals surface area contributed by atoms with Gasteiger partial charge in [0.1, 0.15) is 5.69 Å². The molecule has 2 aliphatic rings. The maximum Gasteiger partial charge on any atom is 0.274 e. The van der Waals surface area contributed by atoms with Crippen molar-refractivity contribution in [2.75, 3.05) is 41.3 Å². The van der Waals surface area contributed by atoms with Crippen LogP contribution in [0.5, 0.6) is 0 Å². The third-order valence-electron chi connectivity index (χ3n) is 5.99. The van der Waals surface area contributed by atoms with E-state index in [1.54, 1.807) is 6.07 Å². The number of amides is 1. The molecule has 2 fully saturated rings. The second-order valence-corrected chi connectivity index (χ2v) is 8.41. The van der Waals surface area contributed by atoms with E-state index in [0.717, 1.165) is 56.3 Å². The SMILES string of the molecule is Cc1cc(C(=O)Nc2ccc(N3CCCCC3)cc2)nc(N2CCC(C)CC2)n1. The fraction of sp³-hybridized carbons (Fsp3) is 0.522. The molecule has 29 heavy (non-hydrogen) atoms. The molecule has 3 heterocycles. The summed E-state index contributed by atoms with van der Waals surface area (Å²) in [6, 6.07) is 9.89. The van der Waals surface area contributed by atoms with E-state index in [0.29, 0.717) is 11.6 Å². The van der Waals surface area contributed by atoms with Gasteiger partial charge in [0.2, 0.25) is 5.95 Å². The highest BCUT2D eigenvalue weighted by molar-refractivity contribution is 6.03. The molecule has 0 radical (unpaired) electrons. The number of carbonyl (C=O) groups is 1. The van der Waals surface area contributed by atoms with Crippen LogP contribution >= 0.6 is 0 Å². The maximum atomic E-state index is 12.8. The van der Waals surface area contributed by atoms with Gasteiger partial charge in [-0.1, -0.05) is 6.92 Å². The molecule has 0 atom stereocenters. The van der Waals surface area contributed by atoms with E-state index in [9.17, 15) is 4.79 Å². The van der Waals surface area contributed by atoms with Gasteiger partial charge in [-0.3, -0.25) is 4.79 Å². The lowest BCUT2D eigenvalue weighted by atomic mass is 10.00. The number of hydrogen-bond donors (Lipinski definition) is 1. The van der Waals surface area contributed by atoms with Gasteiger partial charge in [-0.15, -0.1) is 0 Å². The summed E-state index contributed by atoms with van der Waals surface area (Å²) in [5.41, 5.74) is 3.26. The molecule has 4 rings (SSSR count). The Morgan fingerprint density at radius 1 is 0.966 bits per heavy atom. The van der Waals surface area contributed by atoms with Gasteiger partial charge in [0, 0.05) is 43.2 Å². The third kappa shape index (κ3) is 4.86. The normalized spacial score (nSPS) is 18.0. The molecule has 1 N–H and O–H groups in total. The number of aromatic nitrogens is 2. The van der Waals surface area contributed by atoms with Gasteiger partial charge < -0.3 is 15.1 Å². The van der Waals surface area contributed by atoms with Gasteiger partial charge in [-0.05, 0) is 75.3 Å². The molecule has 0 bridgehead atoms. The highest BCUT2D eigenvalue weighted by Crippen LogP contribution is 2.23. The molecule has 0 aliphatic carbocycles. The van der Waals surface area contributed by atoms with Crippen molar-refractivity contribution in [1.82, 2.24) is 9.97 Å². The topological polar surface area (TPSA) is 61.4 Å². The van der Waals surface area contributed by atoms with Crippen molar-refractivity contribution in [3.8, 4) is 0 Å². The van der Waals surface area contributed by atoms with Gasteiger partial charge in [0.05, 0.1) is 0 Å². The number of benzene rings is 1. The lowest BCUT2D eigenvalue weighted by molar-refractivity contribution is 0.102. The summed E-state index contributed by atoms with van der Waals surface area (Å²) in [5, 5.41) is 2.99. The van der Waals surface area contributed by atoms with Gasteiger partial charge in [-0.25, -0.2) is 9.97 Å². The summed E-state index contributed by atoms with van der Waals surface area (Å²) >= 11 is 0. The Bertz CT molecular complexity index is 837. The van der Waals surface area contributed by atoms with Crippen molar-refractivity contribution in [1.29, 1.82) is 0 Å². The fourth-order valence-electron chi connectivity index (χ4n) is 4.12. The third-order valence-corrected chi connectivity index (χ3v) is 5.99. The van der Waals surface area contributed by atoms with Gasteiger partial charge in [0.15, 0.2) is 0 Å². The Balaban J connectivity index is 1.44. The molecule has 1 aromatic heterocycles. The molecule has 2 aliphatic heterocycles. The summed E-state index contributed by atoms with van der Waals surface area (Å²) in [4.78, 5) is 26.5. The lowest BCUT2D eigenvalue weighted by Crippen LogP contribution is -2.34. The van der Waals surface area contributed by atoms with Crippen molar-refractivity contribution < 1.29 is 4.79 Å². The summed E-state index contributed by atoms with van der Waals surface area (Å²) in [6.45, 7) is 8.33. The van der Waals surface area contributed by atoms with Crippen molar-refractivity contribution in [3.63, 3.8) is 0 Å². The summed E-state index contributed by atoms with van der Waals surface area (Å²) < 4.78 is 0. The van der Waals surface area contributed by atoms with Crippen LogP contribution in [0.15, 0.2) is 30.3 Å². The van der Waals surface area contributed by atoms with Gasteiger partial charge in [0.25, 0.3) is 5.91 Å². The summed E-state index contributed by atoms with van der Waals surface area (Å²) in [6.07, 6.45) is 6.11. The minimum absolute atomic E-state index is 0.187. The number of rotatable bonds is 4. The molecular weight excluding hydrogens is 362 g/mol. The number of carbonyl (C=O) groups excluding carboxylic acids is 1. The molecule has 1 aromatic carbocycles. The predicted octanol–water partition coefficient (Wildman–Crippen LogP) is 4.26. The average molecular weight is 394 g/mol. The zero-order chi connectivity index (χ0) is 20.2. The van der Waals surface area contributed by atoms with Crippen LogP contribution in [0, 0.1) is 12.8 Å². The largest absolute Gasteiger partial charge is 0.372 e. The van der Waals surface area contributed by atoms with Crippen LogP contribution in [0.2, 0.25) is 0 Å². The summed E-state index contributed by atoms with van der Waals surface area (Å²) in [7, 11) is 0. The monoisotopic (exact) mass is 393 g/mol. The number of aryl methyl sites for hydroxylation is 1. The zero-order valence-corrected chi connectivity index (χ0v) is 17.5. The van der Waals surface area contributed by atoms with Crippen LogP contribution in [0.25, 0.3) is 0 Å². The molecule has 0 saturated carbocycles. The predicted molar refractivity (Wildman–Crippen MR) is 118 cm³/mol. The number of anilines is 3. The second-order valence-electron chi connectivity index (χ2n) is 8.41. The number of hydrogen-bond acceptors (Lipinski definition) is 5. The second kappa shape index (κ2) is 8.80. The van der Waals surface area contributed by atoms with Crippen LogP contribution in [0.1, 0.15) is 55.2 Å². The molecule has 6 heteroatoms.